The van der Waals surface area contributed by atoms with Gasteiger partial charge in [-0.05, 0) is 11.6 Å². The summed E-state index contributed by atoms with van der Waals surface area (Å²) < 4.78 is 12.1. The van der Waals surface area contributed by atoms with Gasteiger partial charge in [-0.2, -0.15) is 4.98 Å². The van der Waals surface area contributed by atoms with Crippen LogP contribution in [0.25, 0.3) is 10.4 Å². The van der Waals surface area contributed by atoms with Crippen molar-refractivity contribution >= 4 is 5.82 Å². The molecule has 0 aliphatic carbocycles. The molecular formula is C10H14N6O4. The van der Waals surface area contributed by atoms with E-state index in [1.165, 1.54) is 16.8 Å². The fourth-order valence-electron chi connectivity index (χ4n) is 2.01. The normalized spacial score (nSPS) is 25.4. The Hall–Kier alpha value is -2.13. The van der Waals surface area contributed by atoms with Crippen LogP contribution in [0.4, 0.5) is 5.82 Å². The van der Waals surface area contributed by atoms with Crippen molar-refractivity contribution in [1.82, 2.24) is 9.55 Å². The standard InChI is InChI=1S/C10H14N6O4/c11-8-1-2-16(10(18)14-8)9-3-6(7(4-17)20-9)19-5-13-15-12/h1-2,6-7,9,17H,3-5H2,(H2,11,14,18)/t6-,7+,9+/m0/s1. The van der Waals surface area contributed by atoms with Gasteiger partial charge in [0.15, 0.2) is 0 Å². The maximum absolute atomic E-state index is 11.7. The van der Waals surface area contributed by atoms with Gasteiger partial charge in [0.05, 0.1) is 12.7 Å². The van der Waals surface area contributed by atoms with Crippen molar-refractivity contribution in [3.05, 3.63) is 33.2 Å². The summed E-state index contributed by atoms with van der Waals surface area (Å²) in [7, 11) is 0. The van der Waals surface area contributed by atoms with Crippen LogP contribution in [-0.4, -0.2) is 40.2 Å². The minimum Gasteiger partial charge on any atom is -0.394 e. The number of aromatic nitrogens is 2. The first-order valence-electron chi connectivity index (χ1n) is 5.89. The molecular weight excluding hydrogens is 268 g/mol. The van der Waals surface area contributed by atoms with Gasteiger partial charge in [0.1, 0.15) is 24.9 Å². The van der Waals surface area contributed by atoms with Crippen molar-refractivity contribution in [2.45, 2.75) is 24.9 Å². The third-order valence-corrected chi connectivity index (χ3v) is 2.93. The zero-order valence-electron chi connectivity index (χ0n) is 10.5. The van der Waals surface area contributed by atoms with Crippen LogP contribution < -0.4 is 11.4 Å². The molecule has 10 heteroatoms. The summed E-state index contributed by atoms with van der Waals surface area (Å²) in [6, 6.07) is 1.48. The smallest absolute Gasteiger partial charge is 0.351 e. The highest BCUT2D eigenvalue weighted by Gasteiger charge is 2.36. The lowest BCUT2D eigenvalue weighted by atomic mass is 10.2. The van der Waals surface area contributed by atoms with Crippen LogP contribution in [0.5, 0.6) is 0 Å². The second kappa shape index (κ2) is 6.35. The molecule has 3 N–H and O–H groups in total. The first-order valence-corrected chi connectivity index (χ1v) is 5.89. The maximum atomic E-state index is 11.7. The van der Waals surface area contributed by atoms with Gasteiger partial charge in [-0.25, -0.2) is 4.79 Å². The predicted molar refractivity (Wildman–Crippen MR) is 67.4 cm³/mol. The Morgan fingerprint density at radius 3 is 3.20 bits per heavy atom. The molecule has 2 rings (SSSR count). The fraction of sp³-hybridized carbons (Fsp3) is 0.600. The third-order valence-electron chi connectivity index (χ3n) is 2.93. The molecule has 0 bridgehead atoms. The highest BCUT2D eigenvalue weighted by molar-refractivity contribution is 5.23. The zero-order chi connectivity index (χ0) is 14.5. The minimum atomic E-state index is -0.608. The molecule has 1 aliphatic rings. The quantitative estimate of drug-likeness (QED) is 0.432. The van der Waals surface area contributed by atoms with Gasteiger partial charge in [-0.15, -0.1) is 0 Å². The average Bonchev–Trinajstić information content (AvgIpc) is 2.82. The number of nitrogens with two attached hydrogens (primary N) is 1. The Kier molecular flexibility index (Phi) is 4.53. The SMILES string of the molecule is [N-]=[N+]=NCO[C@H]1C[C@H](n2ccc(N)nc2=O)O[C@@H]1CO. The number of rotatable bonds is 5. The molecule has 20 heavy (non-hydrogen) atoms. The lowest BCUT2D eigenvalue weighted by Crippen LogP contribution is -2.28. The number of hydrogen-bond acceptors (Lipinski definition) is 7. The van der Waals surface area contributed by atoms with Crippen molar-refractivity contribution in [1.29, 1.82) is 0 Å². The largest absolute Gasteiger partial charge is 0.394 e. The third kappa shape index (κ3) is 3.06. The molecule has 0 aromatic carbocycles. The molecule has 1 saturated heterocycles. The van der Waals surface area contributed by atoms with Crippen LogP contribution in [0.3, 0.4) is 0 Å². The first-order chi connectivity index (χ1) is 9.65. The Morgan fingerprint density at radius 2 is 2.55 bits per heavy atom. The summed E-state index contributed by atoms with van der Waals surface area (Å²) in [5, 5.41) is 12.5. The second-order valence-electron chi connectivity index (χ2n) is 4.15. The lowest BCUT2D eigenvalue weighted by Gasteiger charge is -2.15. The van der Waals surface area contributed by atoms with Crippen LogP contribution in [0.15, 0.2) is 22.2 Å². The molecule has 0 spiro atoms. The van der Waals surface area contributed by atoms with Gasteiger partial charge in [-0.3, -0.25) is 4.57 Å². The molecule has 2 heterocycles. The molecule has 108 valence electrons. The van der Waals surface area contributed by atoms with Crippen molar-refractivity contribution in [2.75, 3.05) is 19.1 Å². The summed E-state index contributed by atoms with van der Waals surface area (Å²) >= 11 is 0. The Labute approximate surface area is 113 Å². The topological polar surface area (TPSA) is 148 Å². The molecule has 0 amide bonds. The maximum Gasteiger partial charge on any atom is 0.351 e. The molecule has 0 saturated carbocycles. The van der Waals surface area contributed by atoms with Gasteiger partial charge in [0.2, 0.25) is 0 Å². The number of anilines is 1. The van der Waals surface area contributed by atoms with Crippen LogP contribution in [0.2, 0.25) is 0 Å². The van der Waals surface area contributed by atoms with E-state index < -0.39 is 24.1 Å². The molecule has 0 unspecified atom stereocenters. The van der Waals surface area contributed by atoms with Gasteiger partial charge in [-0.1, -0.05) is 5.11 Å². The number of nitrogens with zero attached hydrogens (tertiary/aromatic N) is 5. The molecule has 0 radical (unpaired) electrons. The van der Waals surface area contributed by atoms with E-state index in [-0.39, 0.29) is 19.2 Å². The highest BCUT2D eigenvalue weighted by atomic mass is 16.6. The van der Waals surface area contributed by atoms with Crippen LogP contribution in [0, 0.1) is 0 Å². The first kappa shape index (κ1) is 14.3. The van der Waals surface area contributed by atoms with Crippen molar-refractivity contribution in [2.24, 2.45) is 5.11 Å². The van der Waals surface area contributed by atoms with E-state index in [0.29, 0.717) is 6.42 Å². The predicted octanol–water partition coefficient (Wildman–Crippen LogP) is -0.242. The van der Waals surface area contributed by atoms with Gasteiger partial charge < -0.3 is 20.3 Å². The van der Waals surface area contributed by atoms with Gasteiger partial charge in [0.25, 0.3) is 0 Å². The summed E-state index contributed by atoms with van der Waals surface area (Å²) in [5.74, 6) is 0.124. The average molecular weight is 282 g/mol. The molecule has 1 aromatic heterocycles. The number of ether oxygens (including phenoxy) is 2. The number of aliphatic hydroxyl groups excluding tert-OH is 1. The number of nitrogen functional groups attached to an aromatic ring is 1. The van der Waals surface area contributed by atoms with E-state index >= 15 is 0 Å². The number of hydrogen-bond donors (Lipinski definition) is 2. The van der Waals surface area contributed by atoms with Gasteiger partial charge >= 0.3 is 5.69 Å². The molecule has 3 atom stereocenters. The highest BCUT2D eigenvalue weighted by Crippen LogP contribution is 2.29. The molecule has 1 fully saturated rings. The van der Waals surface area contributed by atoms with E-state index in [9.17, 15) is 9.90 Å². The van der Waals surface area contributed by atoms with Crippen LogP contribution in [0.1, 0.15) is 12.6 Å². The summed E-state index contributed by atoms with van der Waals surface area (Å²) in [6.07, 6.45) is 0.124. The molecule has 1 aliphatic heterocycles. The zero-order valence-corrected chi connectivity index (χ0v) is 10.5. The van der Waals surface area contributed by atoms with E-state index in [1.807, 2.05) is 0 Å². The van der Waals surface area contributed by atoms with Crippen molar-refractivity contribution < 1.29 is 14.6 Å². The summed E-state index contributed by atoms with van der Waals surface area (Å²) in [4.78, 5) is 17.9. The monoisotopic (exact) mass is 282 g/mol. The van der Waals surface area contributed by atoms with E-state index in [2.05, 4.69) is 15.0 Å². The van der Waals surface area contributed by atoms with Crippen LogP contribution >= 0.6 is 0 Å². The minimum absolute atomic E-state index is 0.124. The summed E-state index contributed by atoms with van der Waals surface area (Å²) in [5.41, 5.74) is 13.1. The Bertz CT molecular complexity index is 569. The Balaban J connectivity index is 2.11. The van der Waals surface area contributed by atoms with Crippen molar-refractivity contribution in [3.8, 4) is 0 Å². The van der Waals surface area contributed by atoms with E-state index in [1.54, 1.807) is 0 Å². The number of azide groups is 1. The lowest BCUT2D eigenvalue weighted by molar-refractivity contribution is -0.0612. The molecule has 1 aromatic rings. The van der Waals surface area contributed by atoms with E-state index in [0.717, 1.165) is 0 Å². The second-order valence-corrected chi connectivity index (χ2v) is 4.15. The van der Waals surface area contributed by atoms with Crippen molar-refractivity contribution in [3.63, 3.8) is 0 Å². The fourth-order valence-corrected chi connectivity index (χ4v) is 2.01. The summed E-state index contributed by atoms with van der Waals surface area (Å²) in [6.45, 7) is -0.433. The van der Waals surface area contributed by atoms with E-state index in [4.69, 9.17) is 20.7 Å². The molecule has 10 nitrogen and oxygen atoms in total. The Morgan fingerprint density at radius 1 is 1.75 bits per heavy atom. The van der Waals surface area contributed by atoms with Gasteiger partial charge in [0, 0.05) is 17.5 Å². The van der Waals surface area contributed by atoms with Crippen LogP contribution in [-0.2, 0) is 9.47 Å². The number of aliphatic hydroxyl groups is 1.